The molecular weight excluding hydrogens is 258 g/mol. The molecule has 96 valence electrons. The van der Waals surface area contributed by atoms with Crippen molar-refractivity contribution in [3.8, 4) is 0 Å². The number of carbonyl (C=O) groups excluding carboxylic acids is 2. The van der Waals surface area contributed by atoms with E-state index in [1.807, 2.05) is 0 Å². The van der Waals surface area contributed by atoms with Gasteiger partial charge in [0.1, 0.15) is 6.04 Å². The number of aliphatic carboxylic acids is 1. The summed E-state index contributed by atoms with van der Waals surface area (Å²) in [4.78, 5) is 37.3. The van der Waals surface area contributed by atoms with Crippen LogP contribution < -0.4 is 5.32 Å². The molecule has 1 aliphatic rings. The molecule has 1 atom stereocenters. The van der Waals surface area contributed by atoms with E-state index < -0.39 is 12.0 Å². The summed E-state index contributed by atoms with van der Waals surface area (Å²) < 4.78 is 1.61. The lowest BCUT2D eigenvalue weighted by molar-refractivity contribution is -0.136. The second-order valence-electron chi connectivity index (χ2n) is 3.77. The van der Waals surface area contributed by atoms with E-state index in [1.54, 1.807) is 10.8 Å². The number of rotatable bonds is 4. The highest BCUT2D eigenvalue weighted by Crippen LogP contribution is 2.25. The molecule has 0 spiro atoms. The molecule has 7 nitrogen and oxygen atoms in total. The van der Waals surface area contributed by atoms with Gasteiger partial charge >= 0.3 is 5.97 Å². The number of carboxylic acid groups (broad SMARTS) is 1. The van der Waals surface area contributed by atoms with Gasteiger partial charge in [0.15, 0.2) is 5.16 Å². The Morgan fingerprint density at radius 1 is 1.61 bits per heavy atom. The molecule has 1 aliphatic heterocycles. The van der Waals surface area contributed by atoms with E-state index in [0.29, 0.717) is 11.6 Å². The van der Waals surface area contributed by atoms with Crippen LogP contribution in [0, 0.1) is 0 Å². The molecule has 8 heteroatoms. The van der Waals surface area contributed by atoms with Crippen LogP contribution in [0.4, 0.5) is 0 Å². The molecule has 0 radical (unpaired) electrons. The average molecular weight is 269 g/mol. The number of imidazole rings is 1. The molecule has 1 aromatic rings. The van der Waals surface area contributed by atoms with Crippen molar-refractivity contribution in [1.29, 1.82) is 0 Å². The number of nitrogens with zero attached hydrogens (tertiary/aromatic N) is 2. The minimum absolute atomic E-state index is 0.121. The molecule has 0 saturated carbocycles. The van der Waals surface area contributed by atoms with Gasteiger partial charge < -0.3 is 9.67 Å². The fourth-order valence-corrected chi connectivity index (χ4v) is 2.45. The quantitative estimate of drug-likeness (QED) is 0.591. The van der Waals surface area contributed by atoms with Crippen LogP contribution in [-0.4, -0.2) is 38.2 Å². The molecule has 18 heavy (non-hydrogen) atoms. The number of hydrogen-bond donors (Lipinski definition) is 2. The monoisotopic (exact) mass is 269 g/mol. The molecule has 1 aromatic heterocycles. The lowest BCUT2D eigenvalue weighted by atomic mass is 10.1. The second-order valence-corrected chi connectivity index (χ2v) is 4.71. The van der Waals surface area contributed by atoms with Gasteiger partial charge in [0.2, 0.25) is 11.8 Å². The highest BCUT2D eigenvalue weighted by atomic mass is 32.2. The summed E-state index contributed by atoms with van der Waals surface area (Å²) >= 11 is 1.05. The largest absolute Gasteiger partial charge is 0.481 e. The summed E-state index contributed by atoms with van der Waals surface area (Å²) in [7, 11) is 0. The van der Waals surface area contributed by atoms with Gasteiger partial charge in [-0.1, -0.05) is 11.8 Å². The first-order valence-corrected chi connectivity index (χ1v) is 6.27. The minimum atomic E-state index is -0.946. The zero-order valence-electron chi connectivity index (χ0n) is 9.33. The molecule has 0 bridgehead atoms. The Morgan fingerprint density at radius 2 is 2.39 bits per heavy atom. The van der Waals surface area contributed by atoms with Crippen LogP contribution in [0.2, 0.25) is 0 Å². The van der Waals surface area contributed by atoms with E-state index in [2.05, 4.69) is 10.3 Å². The maximum Gasteiger partial charge on any atom is 0.313 e. The van der Waals surface area contributed by atoms with Gasteiger partial charge in [-0.15, -0.1) is 0 Å². The highest BCUT2D eigenvalue weighted by Gasteiger charge is 2.29. The molecular formula is C10H11N3O4S. The van der Waals surface area contributed by atoms with Crippen LogP contribution in [0.5, 0.6) is 0 Å². The summed E-state index contributed by atoms with van der Waals surface area (Å²) in [6, 6.07) is -0.499. The van der Waals surface area contributed by atoms with E-state index in [9.17, 15) is 14.4 Å². The third kappa shape index (κ3) is 2.70. The van der Waals surface area contributed by atoms with Gasteiger partial charge in [0.25, 0.3) is 0 Å². The molecule has 2 heterocycles. The topological polar surface area (TPSA) is 101 Å². The molecule has 2 rings (SSSR count). The zero-order chi connectivity index (χ0) is 13.1. The molecule has 1 unspecified atom stereocenters. The van der Waals surface area contributed by atoms with E-state index in [4.69, 9.17) is 5.11 Å². The van der Waals surface area contributed by atoms with E-state index in [1.165, 1.54) is 6.20 Å². The van der Waals surface area contributed by atoms with Gasteiger partial charge in [0, 0.05) is 18.8 Å². The highest BCUT2D eigenvalue weighted by molar-refractivity contribution is 7.99. The van der Waals surface area contributed by atoms with E-state index >= 15 is 0 Å². The SMILES string of the molecule is O=C(O)CSc1nccn1C1CCC(=O)NC1=O. The van der Waals surface area contributed by atoms with Crippen LogP contribution in [0.15, 0.2) is 17.6 Å². The number of hydrogen-bond acceptors (Lipinski definition) is 5. The van der Waals surface area contributed by atoms with Crippen molar-refractivity contribution in [1.82, 2.24) is 14.9 Å². The van der Waals surface area contributed by atoms with Crippen molar-refractivity contribution < 1.29 is 19.5 Å². The van der Waals surface area contributed by atoms with E-state index in [-0.39, 0.29) is 24.0 Å². The van der Waals surface area contributed by atoms with Crippen molar-refractivity contribution >= 4 is 29.5 Å². The van der Waals surface area contributed by atoms with Crippen LogP contribution in [0.25, 0.3) is 0 Å². The van der Waals surface area contributed by atoms with Crippen LogP contribution in [0.3, 0.4) is 0 Å². The van der Waals surface area contributed by atoms with Crippen molar-refractivity contribution in [2.24, 2.45) is 0 Å². The first-order chi connectivity index (χ1) is 8.58. The molecule has 0 aromatic carbocycles. The van der Waals surface area contributed by atoms with Gasteiger partial charge in [0.05, 0.1) is 5.75 Å². The molecule has 2 amide bonds. The summed E-state index contributed by atoms with van der Waals surface area (Å²) in [6.07, 6.45) is 3.80. The third-order valence-corrected chi connectivity index (χ3v) is 3.47. The number of aromatic nitrogens is 2. The number of carboxylic acids is 1. The van der Waals surface area contributed by atoms with Crippen molar-refractivity contribution in [3.05, 3.63) is 12.4 Å². The Hall–Kier alpha value is -1.83. The second kappa shape index (κ2) is 5.21. The number of amides is 2. The number of thioether (sulfide) groups is 1. The van der Waals surface area contributed by atoms with Crippen LogP contribution in [0.1, 0.15) is 18.9 Å². The van der Waals surface area contributed by atoms with Crippen molar-refractivity contribution in [2.75, 3.05) is 5.75 Å². The predicted molar refractivity (Wildman–Crippen MR) is 62.0 cm³/mol. The standard InChI is InChI=1S/C10H11N3O4S/c14-7-2-1-6(9(17)12-7)13-4-3-11-10(13)18-5-8(15)16/h3-4,6H,1-2,5H2,(H,15,16)(H,12,14,17). The molecule has 1 fully saturated rings. The Kier molecular flexibility index (Phi) is 3.66. The average Bonchev–Trinajstić information content (AvgIpc) is 2.74. The van der Waals surface area contributed by atoms with Gasteiger partial charge in [-0.3, -0.25) is 19.7 Å². The Bertz CT molecular complexity index is 499. The number of nitrogens with one attached hydrogen (secondary N) is 1. The van der Waals surface area contributed by atoms with Crippen LogP contribution >= 0.6 is 11.8 Å². The summed E-state index contributed by atoms with van der Waals surface area (Å²) in [5, 5.41) is 11.3. The predicted octanol–water partition coefficient (Wildman–Crippen LogP) is 0.0375. The lowest BCUT2D eigenvalue weighted by Crippen LogP contribution is -2.41. The van der Waals surface area contributed by atoms with Crippen molar-refractivity contribution in [3.63, 3.8) is 0 Å². The Morgan fingerprint density at radius 3 is 3.06 bits per heavy atom. The van der Waals surface area contributed by atoms with Crippen molar-refractivity contribution in [2.45, 2.75) is 24.0 Å². The first kappa shape index (κ1) is 12.6. The number of carbonyl (C=O) groups is 3. The number of imide groups is 1. The van der Waals surface area contributed by atoms with Gasteiger partial charge in [-0.2, -0.15) is 0 Å². The smallest absolute Gasteiger partial charge is 0.313 e. The normalized spacial score (nSPS) is 19.7. The zero-order valence-corrected chi connectivity index (χ0v) is 10.1. The molecule has 0 aliphatic carbocycles. The number of piperidine rings is 1. The first-order valence-electron chi connectivity index (χ1n) is 5.29. The maximum atomic E-state index is 11.7. The molecule has 2 N–H and O–H groups in total. The van der Waals surface area contributed by atoms with Crippen LogP contribution in [-0.2, 0) is 14.4 Å². The summed E-state index contributed by atoms with van der Waals surface area (Å²) in [5.41, 5.74) is 0. The van der Waals surface area contributed by atoms with Gasteiger partial charge in [-0.25, -0.2) is 4.98 Å². The molecule has 1 saturated heterocycles. The summed E-state index contributed by atoms with van der Waals surface area (Å²) in [6.45, 7) is 0. The van der Waals surface area contributed by atoms with E-state index in [0.717, 1.165) is 11.8 Å². The Labute approximate surface area is 107 Å². The fraction of sp³-hybridized carbons (Fsp3) is 0.400. The van der Waals surface area contributed by atoms with Gasteiger partial charge in [-0.05, 0) is 6.42 Å². The Balaban J connectivity index is 2.13. The fourth-order valence-electron chi connectivity index (χ4n) is 1.72. The lowest BCUT2D eigenvalue weighted by Gasteiger charge is -2.23. The summed E-state index contributed by atoms with van der Waals surface area (Å²) in [5.74, 6) is -1.72. The third-order valence-electron chi connectivity index (χ3n) is 2.50. The maximum absolute atomic E-state index is 11.7. The minimum Gasteiger partial charge on any atom is -0.481 e.